The summed E-state index contributed by atoms with van der Waals surface area (Å²) in [4.78, 5) is 32.9. The first kappa shape index (κ1) is 23.3. The molecule has 0 aliphatic heterocycles. The minimum Gasteiger partial charge on any atom is -0.462 e. The van der Waals surface area contributed by atoms with Crippen molar-refractivity contribution in [2.45, 2.75) is 57.9 Å². The predicted octanol–water partition coefficient (Wildman–Crippen LogP) is 6.20. The second kappa shape index (κ2) is 9.83. The molecule has 0 radical (unpaired) electrons. The number of nitrogens with one attached hydrogen (secondary N) is 1. The van der Waals surface area contributed by atoms with Crippen LogP contribution in [0.3, 0.4) is 0 Å². The molecule has 0 spiro atoms. The Bertz CT molecular complexity index is 1030. The maximum atomic E-state index is 12.7. The average molecular weight is 457 g/mol. The van der Waals surface area contributed by atoms with Crippen LogP contribution >= 0.6 is 23.1 Å². The largest absolute Gasteiger partial charge is 0.462 e. The Balaban J connectivity index is 2.16. The monoisotopic (exact) mass is 456 g/mol. The van der Waals surface area contributed by atoms with Crippen molar-refractivity contribution >= 4 is 51.8 Å². The molecule has 0 atom stereocenters. The van der Waals surface area contributed by atoms with Crippen LogP contribution in [0.25, 0.3) is 4.91 Å². The summed E-state index contributed by atoms with van der Waals surface area (Å²) in [6, 6.07) is 10.2. The summed E-state index contributed by atoms with van der Waals surface area (Å²) in [6.45, 7) is 9.73. The van der Waals surface area contributed by atoms with Crippen LogP contribution in [0.4, 0.5) is 5.69 Å². The number of benzene rings is 1. The molecule has 0 fully saturated rings. The molecule has 0 bridgehead atoms. The molecule has 1 aromatic heterocycles. The lowest BCUT2D eigenvalue weighted by atomic mass is 9.96. The van der Waals surface area contributed by atoms with Gasteiger partial charge in [0.05, 0.1) is 17.8 Å². The number of thioether (sulfide) groups is 1. The van der Waals surface area contributed by atoms with Gasteiger partial charge in [-0.3, -0.25) is 9.79 Å². The van der Waals surface area contributed by atoms with Crippen molar-refractivity contribution in [1.82, 2.24) is 0 Å². The number of thiophene rings is 1. The fourth-order valence-electron chi connectivity index (χ4n) is 3.17. The van der Waals surface area contributed by atoms with Crippen molar-refractivity contribution in [3.8, 4) is 0 Å². The van der Waals surface area contributed by atoms with E-state index in [1.807, 2.05) is 24.4 Å². The Morgan fingerprint density at radius 2 is 1.94 bits per heavy atom. The summed E-state index contributed by atoms with van der Waals surface area (Å²) in [5.41, 5.74) is 2.55. The zero-order valence-electron chi connectivity index (χ0n) is 18.6. The van der Waals surface area contributed by atoms with Crippen molar-refractivity contribution in [3.63, 3.8) is 0 Å². The van der Waals surface area contributed by atoms with Crippen molar-refractivity contribution in [2.75, 3.05) is 11.9 Å². The molecular weight excluding hydrogens is 428 g/mol. The fourth-order valence-corrected chi connectivity index (χ4v) is 5.62. The number of ether oxygens (including phenoxy) is 1. The molecule has 1 aromatic carbocycles. The molecule has 1 heterocycles. The highest BCUT2D eigenvalue weighted by molar-refractivity contribution is 8.08. The lowest BCUT2D eigenvalue weighted by Gasteiger charge is -2.20. The molecule has 5 nitrogen and oxygen atoms in total. The average Bonchev–Trinajstić information content (AvgIpc) is 3.06. The van der Waals surface area contributed by atoms with Crippen LogP contribution in [0.5, 0.6) is 0 Å². The number of esters is 1. The topological polar surface area (TPSA) is 67.8 Å². The second-order valence-electron chi connectivity index (χ2n) is 8.21. The third-order valence-corrected chi connectivity index (χ3v) is 7.02. The Kier molecular flexibility index (Phi) is 7.38. The molecule has 1 N–H and O–H groups in total. The summed E-state index contributed by atoms with van der Waals surface area (Å²) in [6.07, 6.45) is 3.48. The van der Waals surface area contributed by atoms with Gasteiger partial charge < -0.3 is 10.1 Å². The molecular formula is C24H28N2O3S2. The molecule has 164 valence electrons. The van der Waals surface area contributed by atoms with Gasteiger partial charge in [0.25, 0.3) is 0 Å². The summed E-state index contributed by atoms with van der Waals surface area (Å²) in [7, 11) is 0. The number of anilines is 1. The molecule has 0 saturated heterocycles. The first-order valence-electron chi connectivity index (χ1n) is 10.3. The molecule has 1 aliphatic carbocycles. The minimum absolute atomic E-state index is 0.178. The van der Waals surface area contributed by atoms with E-state index < -0.39 is 5.97 Å². The highest BCUT2D eigenvalue weighted by Crippen LogP contribution is 2.49. The van der Waals surface area contributed by atoms with Gasteiger partial charge in [0.15, 0.2) is 0 Å². The lowest BCUT2D eigenvalue weighted by molar-refractivity contribution is -0.114. The summed E-state index contributed by atoms with van der Waals surface area (Å²) in [5.74, 6) is -0.605. The first-order chi connectivity index (χ1) is 14.7. The van der Waals surface area contributed by atoms with E-state index in [1.165, 1.54) is 18.3 Å². The van der Waals surface area contributed by atoms with Gasteiger partial charge in [0.1, 0.15) is 4.88 Å². The molecule has 1 amide bonds. The number of fused-ring (bicyclic) bond motifs is 1. The standard InChI is InChI=1S/C24H28N2O3S2/c1-6-29-23(28)22-19(26-15(2)27)18-13-12-16(14-25-24(3,4)5)20(21(18)31-22)30-17-10-8-7-9-11-17/h7-11,14H,6,12-13H2,1-5H3,(H,26,27). The van der Waals surface area contributed by atoms with E-state index >= 15 is 0 Å². The van der Waals surface area contributed by atoms with Crippen molar-refractivity contribution in [2.24, 2.45) is 4.99 Å². The summed E-state index contributed by atoms with van der Waals surface area (Å²) >= 11 is 3.05. The van der Waals surface area contributed by atoms with Gasteiger partial charge in [-0.05, 0) is 63.8 Å². The highest BCUT2D eigenvalue weighted by Gasteiger charge is 2.30. The Hall–Kier alpha value is -2.38. The highest BCUT2D eigenvalue weighted by atomic mass is 32.2. The lowest BCUT2D eigenvalue weighted by Crippen LogP contribution is -2.14. The van der Waals surface area contributed by atoms with Crippen LogP contribution in [-0.2, 0) is 16.0 Å². The van der Waals surface area contributed by atoms with Crippen molar-refractivity contribution in [1.29, 1.82) is 0 Å². The SMILES string of the molecule is CCOC(=O)c1sc2c(c1NC(C)=O)CCC(C=NC(C)(C)C)=C2Sc1ccccc1. The molecule has 2 aromatic rings. The van der Waals surface area contributed by atoms with Crippen LogP contribution in [0.1, 0.15) is 61.2 Å². The van der Waals surface area contributed by atoms with Crippen LogP contribution in [-0.4, -0.2) is 30.2 Å². The normalized spacial score (nSPS) is 14.0. The van der Waals surface area contributed by atoms with Crippen LogP contribution in [0, 0.1) is 0 Å². The Morgan fingerprint density at radius 3 is 2.55 bits per heavy atom. The zero-order valence-corrected chi connectivity index (χ0v) is 20.2. The third kappa shape index (κ3) is 5.86. The van der Waals surface area contributed by atoms with E-state index in [1.54, 1.807) is 18.7 Å². The molecule has 31 heavy (non-hydrogen) atoms. The van der Waals surface area contributed by atoms with Crippen LogP contribution < -0.4 is 5.32 Å². The second-order valence-corrected chi connectivity index (χ2v) is 10.3. The number of carbonyl (C=O) groups excluding carboxylic acids is 2. The van der Waals surface area contributed by atoms with Gasteiger partial charge in [-0.1, -0.05) is 30.0 Å². The van der Waals surface area contributed by atoms with Gasteiger partial charge in [-0.25, -0.2) is 4.79 Å². The number of hydrogen-bond donors (Lipinski definition) is 1. The molecule has 3 rings (SSSR count). The summed E-state index contributed by atoms with van der Waals surface area (Å²) < 4.78 is 5.27. The fraction of sp³-hybridized carbons (Fsp3) is 0.375. The molecule has 0 saturated carbocycles. The smallest absolute Gasteiger partial charge is 0.350 e. The Labute approximate surface area is 192 Å². The van der Waals surface area contributed by atoms with E-state index in [4.69, 9.17) is 9.73 Å². The van der Waals surface area contributed by atoms with E-state index in [0.717, 1.165) is 38.7 Å². The van der Waals surface area contributed by atoms with Gasteiger partial charge in [0.2, 0.25) is 5.91 Å². The van der Waals surface area contributed by atoms with Crippen LogP contribution in [0.15, 0.2) is 45.8 Å². The number of aliphatic imine (C=N–C) groups is 1. The van der Waals surface area contributed by atoms with E-state index in [2.05, 4.69) is 38.2 Å². The summed E-state index contributed by atoms with van der Waals surface area (Å²) in [5, 5.41) is 2.88. The number of rotatable bonds is 6. The number of allylic oxidation sites excluding steroid dienone is 1. The number of hydrogen-bond acceptors (Lipinski definition) is 6. The van der Waals surface area contributed by atoms with Crippen molar-refractivity contribution in [3.05, 3.63) is 51.2 Å². The maximum absolute atomic E-state index is 12.7. The maximum Gasteiger partial charge on any atom is 0.350 e. The van der Waals surface area contributed by atoms with Gasteiger partial charge in [0, 0.05) is 27.8 Å². The van der Waals surface area contributed by atoms with Crippen molar-refractivity contribution < 1.29 is 14.3 Å². The third-order valence-electron chi connectivity index (χ3n) is 4.48. The van der Waals surface area contributed by atoms with Crippen LogP contribution in [0.2, 0.25) is 0 Å². The first-order valence-corrected chi connectivity index (χ1v) is 11.9. The van der Waals surface area contributed by atoms with Gasteiger partial charge in [-0.2, -0.15) is 0 Å². The quantitative estimate of drug-likeness (QED) is 0.415. The van der Waals surface area contributed by atoms with E-state index in [0.29, 0.717) is 10.6 Å². The number of nitrogens with zero attached hydrogens (tertiary/aromatic N) is 1. The molecule has 0 unspecified atom stereocenters. The van der Waals surface area contributed by atoms with E-state index in [9.17, 15) is 9.59 Å². The number of carbonyl (C=O) groups is 2. The molecule has 1 aliphatic rings. The van der Waals surface area contributed by atoms with Gasteiger partial charge >= 0.3 is 5.97 Å². The number of amides is 1. The molecule has 7 heteroatoms. The van der Waals surface area contributed by atoms with E-state index in [-0.39, 0.29) is 18.1 Å². The predicted molar refractivity (Wildman–Crippen MR) is 130 cm³/mol. The Morgan fingerprint density at radius 1 is 1.23 bits per heavy atom. The minimum atomic E-state index is -0.403. The van der Waals surface area contributed by atoms with Gasteiger partial charge in [-0.15, -0.1) is 11.3 Å². The zero-order chi connectivity index (χ0) is 22.6.